The van der Waals surface area contributed by atoms with Crippen molar-refractivity contribution in [3.8, 4) is 0 Å². The lowest BCUT2D eigenvalue weighted by atomic mass is 10.2. The van der Waals surface area contributed by atoms with Gasteiger partial charge in [-0.3, -0.25) is 0 Å². The maximum absolute atomic E-state index is 12.5. The highest BCUT2D eigenvalue weighted by atomic mass is 31.2. The largest absolute Gasteiger partial charge is 0.314 e. The number of rotatable bonds is 2. The lowest BCUT2D eigenvalue weighted by molar-refractivity contribution is 0.587. The zero-order valence-electron chi connectivity index (χ0n) is 8.44. The summed E-state index contributed by atoms with van der Waals surface area (Å²) in [4.78, 5) is 0. The molecule has 0 aliphatic carbocycles. The van der Waals surface area contributed by atoms with E-state index in [4.69, 9.17) is 0 Å². The van der Waals surface area contributed by atoms with Crippen LogP contribution < -0.4 is 5.30 Å². The van der Waals surface area contributed by atoms with Crippen LogP contribution in [0.1, 0.15) is 19.8 Å². The SMILES string of the molecule is CCC1=CP(=O)(c2ccccc2)CC1. The minimum atomic E-state index is -2.16. The normalized spacial score (nSPS) is 26.2. The van der Waals surface area contributed by atoms with Crippen LogP contribution in [0.4, 0.5) is 0 Å². The third kappa shape index (κ3) is 1.69. The zero-order valence-corrected chi connectivity index (χ0v) is 9.34. The Labute approximate surface area is 85.2 Å². The lowest BCUT2D eigenvalue weighted by Gasteiger charge is -2.08. The molecular formula is C12H15OP. The van der Waals surface area contributed by atoms with E-state index in [-0.39, 0.29) is 0 Å². The maximum atomic E-state index is 12.5. The topological polar surface area (TPSA) is 17.1 Å². The fourth-order valence-electron chi connectivity index (χ4n) is 1.89. The second kappa shape index (κ2) is 3.74. The van der Waals surface area contributed by atoms with E-state index >= 15 is 0 Å². The highest BCUT2D eigenvalue weighted by Gasteiger charge is 2.27. The Morgan fingerprint density at radius 1 is 1.29 bits per heavy atom. The van der Waals surface area contributed by atoms with E-state index in [9.17, 15) is 4.57 Å². The zero-order chi connectivity index (χ0) is 10.0. The van der Waals surface area contributed by atoms with Gasteiger partial charge in [0, 0.05) is 11.5 Å². The Balaban J connectivity index is 2.36. The minimum Gasteiger partial charge on any atom is -0.314 e. The van der Waals surface area contributed by atoms with Crippen LogP contribution in [0.25, 0.3) is 0 Å². The van der Waals surface area contributed by atoms with Crippen molar-refractivity contribution >= 4 is 12.4 Å². The number of allylic oxidation sites excluding steroid dienone is 1. The predicted molar refractivity (Wildman–Crippen MR) is 61.5 cm³/mol. The van der Waals surface area contributed by atoms with Crippen molar-refractivity contribution < 1.29 is 4.57 Å². The van der Waals surface area contributed by atoms with E-state index < -0.39 is 7.14 Å². The average Bonchev–Trinajstić information content (AvgIpc) is 2.63. The summed E-state index contributed by atoms with van der Waals surface area (Å²) < 4.78 is 12.5. The van der Waals surface area contributed by atoms with Gasteiger partial charge >= 0.3 is 0 Å². The van der Waals surface area contributed by atoms with Crippen LogP contribution in [0.3, 0.4) is 0 Å². The molecule has 0 fully saturated rings. The summed E-state index contributed by atoms with van der Waals surface area (Å²) in [7, 11) is -2.16. The van der Waals surface area contributed by atoms with E-state index in [0.29, 0.717) is 0 Å². The maximum Gasteiger partial charge on any atom is 0.136 e. The summed E-state index contributed by atoms with van der Waals surface area (Å²) in [6, 6.07) is 9.86. The Kier molecular flexibility index (Phi) is 2.60. The molecule has 1 heterocycles. The van der Waals surface area contributed by atoms with Gasteiger partial charge in [-0.25, -0.2) is 0 Å². The lowest BCUT2D eigenvalue weighted by Crippen LogP contribution is -2.01. The van der Waals surface area contributed by atoms with Gasteiger partial charge in [-0.1, -0.05) is 42.8 Å². The van der Waals surface area contributed by atoms with Crippen molar-refractivity contribution in [2.45, 2.75) is 19.8 Å². The summed E-state index contributed by atoms with van der Waals surface area (Å²) in [6.07, 6.45) is 2.89. The van der Waals surface area contributed by atoms with Crippen LogP contribution in [0.5, 0.6) is 0 Å². The molecule has 1 atom stereocenters. The fourth-order valence-corrected chi connectivity index (χ4v) is 4.62. The molecule has 0 N–H and O–H groups in total. The number of hydrogen-bond acceptors (Lipinski definition) is 1. The molecule has 74 valence electrons. The Hall–Kier alpha value is -0.810. The quantitative estimate of drug-likeness (QED) is 0.678. The highest BCUT2D eigenvalue weighted by Crippen LogP contribution is 2.53. The summed E-state index contributed by atoms with van der Waals surface area (Å²) in [5.41, 5.74) is 1.36. The Morgan fingerprint density at radius 3 is 2.57 bits per heavy atom. The first-order chi connectivity index (χ1) is 6.74. The Bertz CT molecular complexity index is 392. The van der Waals surface area contributed by atoms with Crippen LogP contribution in [0, 0.1) is 0 Å². The molecule has 0 aromatic heterocycles. The third-order valence-corrected chi connectivity index (χ3v) is 5.65. The third-order valence-electron chi connectivity index (χ3n) is 2.80. The van der Waals surface area contributed by atoms with Gasteiger partial charge in [-0.2, -0.15) is 0 Å². The smallest absolute Gasteiger partial charge is 0.136 e. The van der Waals surface area contributed by atoms with E-state index in [1.807, 2.05) is 36.1 Å². The molecule has 0 saturated heterocycles. The van der Waals surface area contributed by atoms with Crippen molar-refractivity contribution in [3.05, 3.63) is 41.7 Å². The predicted octanol–water partition coefficient (Wildman–Crippen LogP) is 3.37. The van der Waals surface area contributed by atoms with Gasteiger partial charge in [0.25, 0.3) is 0 Å². The molecule has 1 unspecified atom stereocenters. The van der Waals surface area contributed by atoms with Gasteiger partial charge in [0.2, 0.25) is 0 Å². The van der Waals surface area contributed by atoms with Crippen LogP contribution in [-0.4, -0.2) is 6.16 Å². The number of benzene rings is 1. The highest BCUT2D eigenvalue weighted by molar-refractivity contribution is 7.74. The summed E-state index contributed by atoms with van der Waals surface area (Å²) in [5, 5.41) is 1.02. The standard InChI is InChI=1S/C12H15OP/c1-2-11-8-9-14(13,10-11)12-6-4-3-5-7-12/h3-7,10H,2,8-9H2,1H3. The summed E-state index contributed by atoms with van der Waals surface area (Å²) in [5.74, 6) is 2.03. The molecule has 2 heteroatoms. The molecular weight excluding hydrogens is 191 g/mol. The molecule has 0 amide bonds. The van der Waals surface area contributed by atoms with E-state index in [1.54, 1.807) is 0 Å². The second-order valence-electron chi connectivity index (χ2n) is 3.75. The van der Waals surface area contributed by atoms with Crippen molar-refractivity contribution in [1.82, 2.24) is 0 Å². The second-order valence-corrected chi connectivity index (χ2v) is 6.56. The van der Waals surface area contributed by atoms with Crippen molar-refractivity contribution in [1.29, 1.82) is 0 Å². The van der Waals surface area contributed by atoms with Crippen LogP contribution in [-0.2, 0) is 4.57 Å². The minimum absolute atomic E-state index is 0.834. The molecule has 2 rings (SSSR count). The molecule has 1 aromatic carbocycles. The van der Waals surface area contributed by atoms with Gasteiger partial charge in [0.1, 0.15) is 7.14 Å². The van der Waals surface area contributed by atoms with E-state index in [0.717, 1.165) is 24.3 Å². The van der Waals surface area contributed by atoms with Crippen molar-refractivity contribution in [2.24, 2.45) is 0 Å². The van der Waals surface area contributed by atoms with Gasteiger partial charge in [-0.15, -0.1) is 0 Å². The first kappa shape index (κ1) is 9.73. The monoisotopic (exact) mass is 206 g/mol. The number of hydrogen-bond donors (Lipinski definition) is 0. The first-order valence-corrected chi connectivity index (χ1v) is 7.06. The molecule has 1 aliphatic heterocycles. The molecule has 1 aromatic rings. The molecule has 1 aliphatic rings. The van der Waals surface area contributed by atoms with Crippen molar-refractivity contribution in [3.63, 3.8) is 0 Å². The average molecular weight is 206 g/mol. The van der Waals surface area contributed by atoms with Gasteiger partial charge in [0.15, 0.2) is 0 Å². The molecule has 0 saturated carbocycles. The van der Waals surface area contributed by atoms with E-state index in [2.05, 4.69) is 6.92 Å². The van der Waals surface area contributed by atoms with E-state index in [1.165, 1.54) is 5.57 Å². The van der Waals surface area contributed by atoms with Gasteiger partial charge in [0.05, 0.1) is 0 Å². The van der Waals surface area contributed by atoms with Crippen molar-refractivity contribution in [2.75, 3.05) is 6.16 Å². The van der Waals surface area contributed by atoms with Crippen LogP contribution in [0.2, 0.25) is 0 Å². The molecule has 1 nitrogen and oxygen atoms in total. The van der Waals surface area contributed by atoms with Gasteiger partial charge < -0.3 is 4.57 Å². The molecule has 0 spiro atoms. The molecule has 0 bridgehead atoms. The summed E-state index contributed by atoms with van der Waals surface area (Å²) in [6.45, 7) is 2.13. The van der Waals surface area contributed by atoms with Crippen LogP contribution >= 0.6 is 7.14 Å². The summed E-state index contributed by atoms with van der Waals surface area (Å²) >= 11 is 0. The molecule has 14 heavy (non-hydrogen) atoms. The molecule has 0 radical (unpaired) electrons. The first-order valence-electron chi connectivity index (χ1n) is 5.09. The van der Waals surface area contributed by atoms with Gasteiger partial charge in [-0.05, 0) is 18.7 Å². The van der Waals surface area contributed by atoms with Crippen LogP contribution in [0.15, 0.2) is 41.7 Å². The Morgan fingerprint density at radius 2 is 2.00 bits per heavy atom. The fraction of sp³-hybridized carbons (Fsp3) is 0.333.